The number of carbonyl (C=O) groups excluding carboxylic acids is 2. The summed E-state index contributed by atoms with van der Waals surface area (Å²) in [6, 6.07) is 10.8. The maximum absolute atomic E-state index is 13.1. The third-order valence-corrected chi connectivity index (χ3v) is 4.83. The van der Waals surface area contributed by atoms with E-state index in [2.05, 4.69) is 5.32 Å². The number of nitro groups is 1. The Morgan fingerprint density at radius 2 is 1.72 bits per heavy atom. The summed E-state index contributed by atoms with van der Waals surface area (Å²) in [5, 5.41) is 14.1. The van der Waals surface area contributed by atoms with Crippen molar-refractivity contribution in [1.82, 2.24) is 4.90 Å². The first-order chi connectivity index (χ1) is 13.8. The summed E-state index contributed by atoms with van der Waals surface area (Å²) in [6.07, 6.45) is -0.190. The Bertz CT molecular complexity index is 949. The Labute approximate surface area is 168 Å². The zero-order valence-corrected chi connectivity index (χ0v) is 16.5. The van der Waals surface area contributed by atoms with Crippen molar-refractivity contribution in [2.24, 2.45) is 0 Å². The Kier molecular flexibility index (Phi) is 5.93. The van der Waals surface area contributed by atoms with Crippen molar-refractivity contribution >= 4 is 23.1 Å². The SMILES string of the molecule is CNc1ccc(C(=O)c2ccccc2C(=O)N2CC(C)OC(C)C2)cc1[N+](=O)[O-]. The van der Waals surface area contributed by atoms with Crippen molar-refractivity contribution in [3.05, 3.63) is 69.3 Å². The molecule has 1 aliphatic rings. The molecular formula is C21H23N3O5. The number of ketones is 1. The van der Waals surface area contributed by atoms with Crippen molar-refractivity contribution in [2.75, 3.05) is 25.5 Å². The van der Waals surface area contributed by atoms with E-state index in [0.29, 0.717) is 18.8 Å². The highest BCUT2D eigenvalue weighted by Gasteiger charge is 2.29. The number of nitrogens with zero attached hydrogens (tertiary/aromatic N) is 2. The number of hydrogen-bond acceptors (Lipinski definition) is 6. The van der Waals surface area contributed by atoms with Gasteiger partial charge in [0.2, 0.25) is 0 Å². The maximum atomic E-state index is 13.1. The molecule has 1 saturated heterocycles. The van der Waals surface area contributed by atoms with Crippen LogP contribution in [0.25, 0.3) is 0 Å². The second-order valence-electron chi connectivity index (χ2n) is 7.08. The van der Waals surface area contributed by atoms with Crippen LogP contribution in [0.5, 0.6) is 0 Å². The van der Waals surface area contributed by atoms with E-state index in [1.807, 2.05) is 13.8 Å². The molecule has 1 N–H and O–H groups in total. The van der Waals surface area contributed by atoms with Crippen molar-refractivity contribution in [2.45, 2.75) is 26.1 Å². The molecule has 8 nitrogen and oxygen atoms in total. The molecule has 2 aromatic carbocycles. The Hall–Kier alpha value is -3.26. The van der Waals surface area contributed by atoms with E-state index >= 15 is 0 Å². The van der Waals surface area contributed by atoms with Gasteiger partial charge >= 0.3 is 0 Å². The fourth-order valence-corrected chi connectivity index (χ4v) is 3.57. The van der Waals surface area contributed by atoms with E-state index in [-0.39, 0.29) is 40.5 Å². The molecule has 0 aromatic heterocycles. The van der Waals surface area contributed by atoms with Gasteiger partial charge in [0, 0.05) is 37.3 Å². The summed E-state index contributed by atoms with van der Waals surface area (Å²) in [6.45, 7) is 4.67. The minimum Gasteiger partial charge on any atom is -0.383 e. The molecule has 1 heterocycles. The minimum absolute atomic E-state index is 0.0951. The summed E-state index contributed by atoms with van der Waals surface area (Å²) < 4.78 is 5.68. The van der Waals surface area contributed by atoms with Crippen LogP contribution < -0.4 is 5.32 Å². The van der Waals surface area contributed by atoms with E-state index in [9.17, 15) is 19.7 Å². The number of benzene rings is 2. The summed E-state index contributed by atoms with van der Waals surface area (Å²) in [5.74, 6) is -0.689. The Morgan fingerprint density at radius 3 is 2.31 bits per heavy atom. The monoisotopic (exact) mass is 397 g/mol. The van der Waals surface area contributed by atoms with E-state index in [1.54, 1.807) is 36.2 Å². The summed E-state index contributed by atoms with van der Waals surface area (Å²) in [5.41, 5.74) is 0.764. The molecule has 152 valence electrons. The molecule has 0 bridgehead atoms. The van der Waals surface area contributed by atoms with Gasteiger partial charge in [0.05, 0.1) is 22.7 Å². The average Bonchev–Trinajstić information content (AvgIpc) is 2.71. The quantitative estimate of drug-likeness (QED) is 0.472. The van der Waals surface area contributed by atoms with Crippen molar-refractivity contribution in [3.63, 3.8) is 0 Å². The number of amides is 1. The molecule has 29 heavy (non-hydrogen) atoms. The van der Waals surface area contributed by atoms with Gasteiger partial charge in [-0.05, 0) is 32.0 Å². The molecule has 0 aliphatic carbocycles. The average molecular weight is 397 g/mol. The topological polar surface area (TPSA) is 102 Å². The lowest BCUT2D eigenvalue weighted by atomic mass is 9.96. The van der Waals surface area contributed by atoms with E-state index in [4.69, 9.17) is 4.74 Å². The zero-order chi connectivity index (χ0) is 21.1. The van der Waals surface area contributed by atoms with Gasteiger partial charge in [-0.2, -0.15) is 0 Å². The fourth-order valence-electron chi connectivity index (χ4n) is 3.57. The first-order valence-electron chi connectivity index (χ1n) is 9.36. The second-order valence-corrected chi connectivity index (χ2v) is 7.08. The molecule has 2 atom stereocenters. The van der Waals surface area contributed by atoms with Crippen LogP contribution in [0.4, 0.5) is 11.4 Å². The number of nitrogens with one attached hydrogen (secondary N) is 1. The summed E-state index contributed by atoms with van der Waals surface area (Å²) in [7, 11) is 1.57. The van der Waals surface area contributed by atoms with Crippen LogP contribution >= 0.6 is 0 Å². The highest BCUT2D eigenvalue weighted by atomic mass is 16.6. The molecular weight excluding hydrogens is 374 g/mol. The molecule has 0 spiro atoms. The van der Waals surface area contributed by atoms with Gasteiger partial charge in [0.15, 0.2) is 5.78 Å². The number of carbonyl (C=O) groups is 2. The molecule has 0 saturated carbocycles. The van der Waals surface area contributed by atoms with Crippen molar-refractivity contribution < 1.29 is 19.2 Å². The lowest BCUT2D eigenvalue weighted by Gasteiger charge is -2.35. The molecule has 1 fully saturated rings. The highest BCUT2D eigenvalue weighted by Crippen LogP contribution is 2.27. The standard InChI is InChI=1S/C21H23N3O5/c1-13-11-23(12-14(2)29-13)21(26)17-7-5-4-6-16(17)20(25)15-8-9-18(22-3)19(10-15)24(27)28/h4-10,13-14,22H,11-12H2,1-3H3. The summed E-state index contributed by atoms with van der Waals surface area (Å²) >= 11 is 0. The Balaban J connectivity index is 1.96. The van der Waals surface area contributed by atoms with Crippen LogP contribution in [0.2, 0.25) is 0 Å². The van der Waals surface area contributed by atoms with Crippen molar-refractivity contribution in [3.8, 4) is 0 Å². The van der Waals surface area contributed by atoms with Crippen molar-refractivity contribution in [1.29, 1.82) is 0 Å². The number of morpholine rings is 1. The second kappa shape index (κ2) is 8.40. The number of nitro benzene ring substituents is 1. The van der Waals surface area contributed by atoms with Crippen LogP contribution in [0.15, 0.2) is 42.5 Å². The first kappa shape index (κ1) is 20.5. The fraction of sp³-hybridized carbons (Fsp3) is 0.333. The van der Waals surface area contributed by atoms with E-state index in [1.165, 1.54) is 18.2 Å². The van der Waals surface area contributed by atoms with Crippen LogP contribution in [-0.2, 0) is 4.74 Å². The van der Waals surface area contributed by atoms with Gasteiger partial charge in [-0.25, -0.2) is 0 Å². The lowest BCUT2D eigenvalue weighted by Crippen LogP contribution is -2.48. The number of ether oxygens (including phenoxy) is 1. The normalized spacial score (nSPS) is 18.9. The molecule has 2 aromatic rings. The summed E-state index contributed by atoms with van der Waals surface area (Å²) in [4.78, 5) is 38.7. The van der Waals surface area contributed by atoms with Crippen LogP contribution in [0, 0.1) is 10.1 Å². The molecule has 1 aliphatic heterocycles. The minimum atomic E-state index is -0.545. The van der Waals surface area contributed by atoms with Gasteiger partial charge in [-0.15, -0.1) is 0 Å². The molecule has 2 unspecified atom stereocenters. The smallest absolute Gasteiger partial charge is 0.293 e. The predicted octanol–water partition coefficient (Wildman–Crippen LogP) is 3.12. The zero-order valence-electron chi connectivity index (χ0n) is 16.5. The molecule has 1 amide bonds. The van der Waals surface area contributed by atoms with Crippen LogP contribution in [0.3, 0.4) is 0 Å². The highest BCUT2D eigenvalue weighted by molar-refractivity contribution is 6.15. The number of hydrogen-bond donors (Lipinski definition) is 1. The van der Waals surface area contributed by atoms with Gasteiger partial charge < -0.3 is 15.0 Å². The molecule has 3 rings (SSSR count). The van der Waals surface area contributed by atoms with Gasteiger partial charge in [0.25, 0.3) is 11.6 Å². The first-order valence-corrected chi connectivity index (χ1v) is 9.36. The maximum Gasteiger partial charge on any atom is 0.293 e. The largest absolute Gasteiger partial charge is 0.383 e. The number of rotatable bonds is 5. The van der Waals surface area contributed by atoms with Gasteiger partial charge in [-0.1, -0.05) is 18.2 Å². The predicted molar refractivity (Wildman–Crippen MR) is 108 cm³/mol. The van der Waals surface area contributed by atoms with Gasteiger partial charge in [0.1, 0.15) is 5.69 Å². The number of anilines is 1. The Morgan fingerprint density at radius 1 is 1.10 bits per heavy atom. The van der Waals surface area contributed by atoms with Crippen LogP contribution in [0.1, 0.15) is 40.1 Å². The van der Waals surface area contributed by atoms with E-state index in [0.717, 1.165) is 0 Å². The third kappa shape index (κ3) is 4.27. The molecule has 8 heteroatoms. The van der Waals surface area contributed by atoms with Gasteiger partial charge in [-0.3, -0.25) is 19.7 Å². The molecule has 0 radical (unpaired) electrons. The lowest BCUT2D eigenvalue weighted by molar-refractivity contribution is -0.384. The van der Waals surface area contributed by atoms with E-state index < -0.39 is 10.7 Å². The van der Waals surface area contributed by atoms with Crippen LogP contribution in [-0.4, -0.2) is 53.9 Å². The third-order valence-electron chi connectivity index (χ3n) is 4.83.